The molecule has 1 aliphatic carbocycles. The molecule has 3 aliphatic rings. The molecule has 0 radical (unpaired) electrons. The van der Waals surface area contributed by atoms with Crippen molar-refractivity contribution in [1.29, 1.82) is 0 Å². The van der Waals surface area contributed by atoms with Gasteiger partial charge in [-0.25, -0.2) is 4.79 Å². The molecule has 1 amide bonds. The lowest BCUT2D eigenvalue weighted by molar-refractivity contribution is -0.121. The lowest BCUT2D eigenvalue weighted by Crippen LogP contribution is -2.48. The number of rotatable bonds is 3. The molecular formula is C23H26N2O4. The molecule has 0 bridgehead atoms. The minimum atomic E-state index is -0.466. The number of carbonyl (C=O) groups is 2. The van der Waals surface area contributed by atoms with Gasteiger partial charge in [0.15, 0.2) is 0 Å². The minimum Gasteiger partial charge on any atom is -0.457 e. The van der Waals surface area contributed by atoms with Gasteiger partial charge in [-0.3, -0.25) is 9.69 Å². The van der Waals surface area contributed by atoms with Crippen LogP contribution in [0.3, 0.4) is 0 Å². The number of carbonyl (C=O) groups excluding carboxylic acids is 2. The standard InChI is InChI=1S/C23H26N2O4/c1-13(26)24-20-7-16-10-25(11-17(16)8-21(20)27)9-14-5-6-15-12-29-23(28)19-4-2-3-18(14)22(15)19/h2-6,16-17,20-21,27H,7-12H2,1H3,(H,24,26)/t16-,17+,20-,21-/m1/s1. The van der Waals surface area contributed by atoms with E-state index in [2.05, 4.69) is 28.4 Å². The molecule has 2 heterocycles. The summed E-state index contributed by atoms with van der Waals surface area (Å²) >= 11 is 0. The average Bonchev–Trinajstić information content (AvgIpc) is 3.07. The fourth-order valence-corrected chi connectivity index (χ4v) is 5.50. The molecule has 0 unspecified atom stereocenters. The zero-order chi connectivity index (χ0) is 20.1. The summed E-state index contributed by atoms with van der Waals surface area (Å²) in [7, 11) is 0. The first-order valence-corrected chi connectivity index (χ1v) is 10.4. The quantitative estimate of drug-likeness (QED) is 0.781. The molecule has 1 saturated carbocycles. The Morgan fingerprint density at radius 3 is 2.79 bits per heavy atom. The zero-order valence-electron chi connectivity index (χ0n) is 16.6. The second kappa shape index (κ2) is 7.11. The predicted octanol–water partition coefficient (Wildman–Crippen LogP) is 2.22. The van der Waals surface area contributed by atoms with Gasteiger partial charge in [0, 0.05) is 31.9 Å². The number of likely N-dealkylation sites (tertiary alicyclic amines) is 1. The SMILES string of the molecule is CC(=O)N[C@@H]1C[C@@H]2CN(Cc3ccc4c5c(cccc35)C(=O)OC4)C[C@@H]2C[C@H]1O. The minimum absolute atomic E-state index is 0.0790. The van der Waals surface area contributed by atoms with Gasteiger partial charge in [-0.15, -0.1) is 0 Å². The molecule has 0 spiro atoms. The van der Waals surface area contributed by atoms with Crippen molar-refractivity contribution in [2.75, 3.05) is 13.1 Å². The van der Waals surface area contributed by atoms with Gasteiger partial charge < -0.3 is 15.2 Å². The molecule has 1 saturated heterocycles. The molecule has 29 heavy (non-hydrogen) atoms. The van der Waals surface area contributed by atoms with Crippen molar-refractivity contribution < 1.29 is 19.4 Å². The van der Waals surface area contributed by atoms with Gasteiger partial charge in [-0.1, -0.05) is 24.3 Å². The van der Waals surface area contributed by atoms with Crippen LogP contribution in [0.4, 0.5) is 0 Å². The Kier molecular flexibility index (Phi) is 4.56. The smallest absolute Gasteiger partial charge is 0.339 e. The summed E-state index contributed by atoms with van der Waals surface area (Å²) < 4.78 is 5.28. The monoisotopic (exact) mass is 394 g/mol. The van der Waals surface area contributed by atoms with E-state index in [1.165, 1.54) is 12.5 Å². The fraction of sp³-hybridized carbons (Fsp3) is 0.478. The van der Waals surface area contributed by atoms with Gasteiger partial charge in [0.25, 0.3) is 0 Å². The highest BCUT2D eigenvalue weighted by Crippen LogP contribution is 2.38. The fourth-order valence-electron chi connectivity index (χ4n) is 5.50. The molecule has 2 aliphatic heterocycles. The Labute approximate surface area is 169 Å². The topological polar surface area (TPSA) is 78.9 Å². The van der Waals surface area contributed by atoms with Crippen molar-refractivity contribution >= 4 is 22.6 Å². The number of hydrogen-bond acceptors (Lipinski definition) is 5. The summed E-state index contributed by atoms with van der Waals surface area (Å²) in [5.41, 5.74) is 2.94. The first kappa shape index (κ1) is 18.6. The molecule has 0 aromatic heterocycles. The van der Waals surface area contributed by atoms with E-state index in [0.29, 0.717) is 24.0 Å². The average molecular weight is 394 g/mol. The van der Waals surface area contributed by atoms with E-state index in [9.17, 15) is 14.7 Å². The van der Waals surface area contributed by atoms with E-state index in [4.69, 9.17) is 4.74 Å². The van der Waals surface area contributed by atoms with Crippen molar-refractivity contribution in [2.45, 2.75) is 45.1 Å². The molecule has 5 rings (SSSR count). The van der Waals surface area contributed by atoms with Gasteiger partial charge in [-0.2, -0.15) is 0 Å². The third-order valence-electron chi connectivity index (χ3n) is 6.80. The number of aliphatic hydroxyl groups is 1. The molecule has 2 aromatic rings. The van der Waals surface area contributed by atoms with Gasteiger partial charge in [0.1, 0.15) is 6.61 Å². The first-order valence-electron chi connectivity index (χ1n) is 10.4. The molecule has 2 fully saturated rings. The molecule has 6 heteroatoms. The van der Waals surface area contributed by atoms with E-state index in [-0.39, 0.29) is 17.9 Å². The van der Waals surface area contributed by atoms with Crippen LogP contribution in [0.15, 0.2) is 30.3 Å². The van der Waals surface area contributed by atoms with E-state index in [1.54, 1.807) is 0 Å². The van der Waals surface area contributed by atoms with Crippen LogP contribution in [0.5, 0.6) is 0 Å². The van der Waals surface area contributed by atoms with Crippen molar-refractivity contribution in [3.8, 4) is 0 Å². The highest BCUT2D eigenvalue weighted by molar-refractivity contribution is 6.08. The van der Waals surface area contributed by atoms with Gasteiger partial charge in [0.05, 0.1) is 17.7 Å². The number of amides is 1. The van der Waals surface area contributed by atoms with Crippen LogP contribution in [0.2, 0.25) is 0 Å². The summed E-state index contributed by atoms with van der Waals surface area (Å²) in [6, 6.07) is 9.95. The van der Waals surface area contributed by atoms with Crippen LogP contribution in [-0.4, -0.2) is 47.1 Å². The number of fused-ring (bicyclic) bond motifs is 1. The maximum atomic E-state index is 12.2. The zero-order valence-corrected chi connectivity index (χ0v) is 16.6. The summed E-state index contributed by atoms with van der Waals surface area (Å²) in [4.78, 5) is 26.0. The number of ether oxygens (including phenoxy) is 1. The Morgan fingerprint density at radius 1 is 1.21 bits per heavy atom. The Bertz CT molecular complexity index is 988. The molecule has 2 N–H and O–H groups in total. The van der Waals surface area contributed by atoms with Gasteiger partial charge in [0.2, 0.25) is 5.91 Å². The normalized spacial score (nSPS) is 28.8. The molecular weight excluding hydrogens is 368 g/mol. The molecule has 4 atom stereocenters. The van der Waals surface area contributed by atoms with Crippen LogP contribution < -0.4 is 5.32 Å². The third-order valence-corrected chi connectivity index (χ3v) is 6.80. The van der Waals surface area contributed by atoms with E-state index >= 15 is 0 Å². The number of nitrogens with zero attached hydrogens (tertiary/aromatic N) is 1. The summed E-state index contributed by atoms with van der Waals surface area (Å²) in [5.74, 6) is 0.630. The second-order valence-corrected chi connectivity index (χ2v) is 8.75. The predicted molar refractivity (Wildman–Crippen MR) is 108 cm³/mol. The Morgan fingerprint density at radius 2 is 2.00 bits per heavy atom. The molecule has 2 aromatic carbocycles. The molecule has 152 valence electrons. The lowest BCUT2D eigenvalue weighted by atomic mass is 9.77. The largest absolute Gasteiger partial charge is 0.457 e. The van der Waals surface area contributed by atoms with Crippen LogP contribution in [0, 0.1) is 11.8 Å². The number of hydrogen-bond donors (Lipinski definition) is 2. The first-order chi connectivity index (χ1) is 14.0. The van der Waals surface area contributed by atoms with Crippen LogP contribution in [0.1, 0.15) is 41.3 Å². The van der Waals surface area contributed by atoms with Gasteiger partial charge in [-0.05, 0) is 47.3 Å². The maximum absolute atomic E-state index is 12.2. The number of aliphatic hydroxyl groups excluding tert-OH is 1. The van der Waals surface area contributed by atoms with Crippen LogP contribution >= 0.6 is 0 Å². The van der Waals surface area contributed by atoms with Crippen molar-refractivity contribution in [3.05, 3.63) is 47.0 Å². The number of esters is 1. The van der Waals surface area contributed by atoms with Crippen molar-refractivity contribution in [1.82, 2.24) is 10.2 Å². The molecule has 6 nitrogen and oxygen atoms in total. The van der Waals surface area contributed by atoms with E-state index in [0.717, 1.165) is 48.8 Å². The highest BCUT2D eigenvalue weighted by atomic mass is 16.5. The lowest BCUT2D eigenvalue weighted by Gasteiger charge is -2.35. The second-order valence-electron chi connectivity index (χ2n) is 8.75. The third kappa shape index (κ3) is 3.30. The van der Waals surface area contributed by atoms with Crippen LogP contribution in [0.25, 0.3) is 10.8 Å². The Hall–Kier alpha value is -2.44. The summed E-state index contributed by atoms with van der Waals surface area (Å²) in [5, 5.41) is 15.5. The Balaban J connectivity index is 1.37. The number of benzene rings is 2. The summed E-state index contributed by atoms with van der Waals surface area (Å²) in [6.45, 7) is 4.59. The van der Waals surface area contributed by atoms with Crippen molar-refractivity contribution in [2.24, 2.45) is 11.8 Å². The number of cyclic esters (lactones) is 1. The number of nitrogens with one attached hydrogen (secondary N) is 1. The van der Waals surface area contributed by atoms with E-state index < -0.39 is 6.10 Å². The summed E-state index contributed by atoms with van der Waals surface area (Å²) in [6.07, 6.45) is 1.10. The highest BCUT2D eigenvalue weighted by Gasteiger charge is 2.42. The maximum Gasteiger partial charge on any atom is 0.339 e. The van der Waals surface area contributed by atoms with Crippen molar-refractivity contribution in [3.63, 3.8) is 0 Å². The van der Waals surface area contributed by atoms with Crippen LogP contribution in [-0.2, 0) is 22.7 Å². The van der Waals surface area contributed by atoms with Gasteiger partial charge >= 0.3 is 5.97 Å². The van der Waals surface area contributed by atoms with E-state index in [1.807, 2.05) is 12.1 Å².